The van der Waals surface area contributed by atoms with Crippen LogP contribution >= 0.6 is 0 Å². The number of anilines is 1. The van der Waals surface area contributed by atoms with E-state index in [4.69, 9.17) is 0 Å². The van der Waals surface area contributed by atoms with E-state index in [0.29, 0.717) is 22.7 Å². The molecule has 3 aromatic rings. The summed E-state index contributed by atoms with van der Waals surface area (Å²) in [5, 5.41) is 13.6. The van der Waals surface area contributed by atoms with Crippen LogP contribution in [0.2, 0.25) is 0 Å². The first kappa shape index (κ1) is 46.8. The maximum absolute atomic E-state index is 12.8. The average molecular weight is 717 g/mol. The summed E-state index contributed by atoms with van der Waals surface area (Å²) < 4.78 is 0. The highest BCUT2D eigenvalue weighted by atomic mass is 16.1. The Labute approximate surface area is 319 Å². The molecule has 1 aliphatic carbocycles. The van der Waals surface area contributed by atoms with Crippen LogP contribution in [0.1, 0.15) is 171 Å². The van der Waals surface area contributed by atoms with Gasteiger partial charge in [0.15, 0.2) is 5.82 Å². The molecule has 1 saturated carbocycles. The van der Waals surface area contributed by atoms with Crippen LogP contribution in [0.4, 0.5) is 5.82 Å². The number of carbonyl (C=O) groups is 2. The van der Waals surface area contributed by atoms with Crippen LogP contribution in [0.15, 0.2) is 48.5 Å². The van der Waals surface area contributed by atoms with Crippen LogP contribution in [-0.4, -0.2) is 35.5 Å². The third kappa shape index (κ3) is 18.0. The Morgan fingerprint density at radius 3 is 2.12 bits per heavy atom. The molecule has 2 aromatic carbocycles. The molecular formula is C46H76N4O2. The summed E-state index contributed by atoms with van der Waals surface area (Å²) in [4.78, 5) is 22.5. The lowest BCUT2D eigenvalue weighted by molar-refractivity contribution is -0.110. The highest BCUT2D eigenvalue weighted by molar-refractivity contribution is 6.03. The summed E-state index contributed by atoms with van der Waals surface area (Å²) in [6.07, 6.45) is 15.3. The molecule has 3 unspecified atom stereocenters. The number of H-pyrrole nitrogens is 1. The Morgan fingerprint density at radius 1 is 0.923 bits per heavy atom. The number of rotatable bonds is 15. The minimum Gasteiger partial charge on any atom is -0.317 e. The Hall–Kier alpha value is -3.25. The zero-order chi connectivity index (χ0) is 39.1. The van der Waals surface area contributed by atoms with Gasteiger partial charge in [-0.2, -0.15) is 5.10 Å². The molecule has 0 saturated heterocycles. The summed E-state index contributed by atoms with van der Waals surface area (Å²) in [5.41, 5.74) is 7.59. The fourth-order valence-electron chi connectivity index (χ4n) is 6.29. The van der Waals surface area contributed by atoms with Crippen molar-refractivity contribution in [1.82, 2.24) is 15.5 Å². The molecule has 52 heavy (non-hydrogen) atoms. The molecule has 1 aliphatic rings. The van der Waals surface area contributed by atoms with Crippen molar-refractivity contribution < 1.29 is 9.59 Å². The first-order valence-electron chi connectivity index (χ1n) is 20.5. The van der Waals surface area contributed by atoms with Crippen molar-refractivity contribution in [2.24, 2.45) is 17.3 Å². The molecule has 1 heterocycles. The number of carbonyl (C=O) groups excluding carboxylic acids is 2. The third-order valence-electron chi connectivity index (χ3n) is 10.7. The fourth-order valence-corrected chi connectivity index (χ4v) is 6.29. The van der Waals surface area contributed by atoms with Crippen LogP contribution in [-0.2, 0) is 17.6 Å². The molecule has 1 aromatic heterocycles. The number of hydrogen-bond donors (Lipinski definition) is 3. The lowest BCUT2D eigenvalue weighted by Gasteiger charge is -2.33. The second kappa shape index (κ2) is 25.7. The Morgan fingerprint density at radius 2 is 1.58 bits per heavy atom. The Balaban J connectivity index is 0.000000615. The average Bonchev–Trinajstić information content (AvgIpc) is 3.61. The number of benzene rings is 2. The molecule has 1 amide bonds. The van der Waals surface area contributed by atoms with E-state index in [1.807, 2.05) is 45.9 Å². The molecule has 6 heteroatoms. The minimum absolute atomic E-state index is 0.120. The molecule has 1 fully saturated rings. The maximum atomic E-state index is 12.8. The van der Waals surface area contributed by atoms with E-state index in [0.717, 1.165) is 43.2 Å². The first-order valence-corrected chi connectivity index (χ1v) is 20.5. The van der Waals surface area contributed by atoms with Crippen molar-refractivity contribution in [2.75, 3.05) is 12.4 Å². The van der Waals surface area contributed by atoms with Crippen LogP contribution in [0.3, 0.4) is 0 Å². The summed E-state index contributed by atoms with van der Waals surface area (Å²) >= 11 is 0. The third-order valence-corrected chi connectivity index (χ3v) is 10.7. The molecule has 0 aliphatic heterocycles. The largest absolute Gasteiger partial charge is 0.317 e. The lowest BCUT2D eigenvalue weighted by Crippen LogP contribution is -2.33. The van der Waals surface area contributed by atoms with E-state index < -0.39 is 0 Å². The number of aromatic amines is 1. The lowest BCUT2D eigenvalue weighted by atomic mass is 9.76. The molecule has 0 spiro atoms. The molecule has 292 valence electrons. The molecule has 3 N–H and O–H groups in total. The monoisotopic (exact) mass is 717 g/mol. The van der Waals surface area contributed by atoms with Gasteiger partial charge in [-0.15, -0.1) is 0 Å². The van der Waals surface area contributed by atoms with Gasteiger partial charge < -0.3 is 15.4 Å². The van der Waals surface area contributed by atoms with Gasteiger partial charge in [0.1, 0.15) is 6.29 Å². The van der Waals surface area contributed by atoms with E-state index in [1.165, 1.54) is 80.0 Å². The number of amides is 1. The minimum atomic E-state index is -0.120. The van der Waals surface area contributed by atoms with Crippen molar-refractivity contribution in [2.45, 2.75) is 165 Å². The van der Waals surface area contributed by atoms with Gasteiger partial charge in [0.25, 0.3) is 5.91 Å². The number of nitrogens with one attached hydrogen (secondary N) is 3. The van der Waals surface area contributed by atoms with Crippen LogP contribution in [0.5, 0.6) is 0 Å². The van der Waals surface area contributed by atoms with Gasteiger partial charge in [0.05, 0.1) is 0 Å². The first-order chi connectivity index (χ1) is 24.8. The standard InChI is InChI=1S/C30H41N3O.C9H19N.C5H10O.C2H6/c1-6-8-24(12-10-21(3)7-2)25-13-15-26(16-14-25)30(34)31-29-20-28(32-33-29)18-17-27-19-22(4)9-11-23(27)5;1-9(2)6-4-8(10-3)5-7-9;1-3-5(2)4-6;1-2/h9,11,13-16,19-21,24H,6-8,10,12,17-18H2,1-5H3,(H2,31,32,33,34);8,10H,4-7H2,1-3H3;4-5H,3H2,1-2H3;1-2H3. The van der Waals surface area contributed by atoms with Gasteiger partial charge in [-0.3, -0.25) is 9.89 Å². The number of nitrogens with zero attached hydrogens (tertiary/aromatic N) is 1. The van der Waals surface area contributed by atoms with Gasteiger partial charge in [0, 0.05) is 29.3 Å². The summed E-state index contributed by atoms with van der Waals surface area (Å²) in [7, 11) is 2.07. The van der Waals surface area contributed by atoms with Gasteiger partial charge >= 0.3 is 0 Å². The number of hydrogen-bond acceptors (Lipinski definition) is 4. The normalized spacial score (nSPS) is 15.3. The Kier molecular flexibility index (Phi) is 23.1. The summed E-state index contributed by atoms with van der Waals surface area (Å²) in [6, 6.07) is 17.5. The predicted molar refractivity (Wildman–Crippen MR) is 225 cm³/mol. The van der Waals surface area contributed by atoms with E-state index in [2.05, 4.69) is 107 Å². The molecule has 0 radical (unpaired) electrons. The number of aldehydes is 1. The smallest absolute Gasteiger partial charge is 0.256 e. The zero-order valence-corrected chi connectivity index (χ0v) is 35.3. The van der Waals surface area contributed by atoms with E-state index in [1.54, 1.807) is 0 Å². The predicted octanol–water partition coefficient (Wildman–Crippen LogP) is 12.2. The number of aromatic nitrogens is 2. The van der Waals surface area contributed by atoms with Crippen molar-refractivity contribution >= 4 is 18.0 Å². The van der Waals surface area contributed by atoms with Gasteiger partial charge in [-0.1, -0.05) is 117 Å². The number of aryl methyl sites for hydroxylation is 4. The SMILES string of the molecule is CC.CCC(C)C=O.CCCC(CCC(C)CC)c1ccc(C(=O)Nc2cc(CCc3cc(C)ccc3C)[nH]n2)cc1.CNC1CCC(C)(C)CC1. The highest BCUT2D eigenvalue weighted by Gasteiger charge is 2.25. The summed E-state index contributed by atoms with van der Waals surface area (Å²) in [5.74, 6) is 2.05. The zero-order valence-electron chi connectivity index (χ0n) is 35.3. The van der Waals surface area contributed by atoms with Gasteiger partial charge in [0.2, 0.25) is 0 Å². The molecular weight excluding hydrogens is 641 g/mol. The van der Waals surface area contributed by atoms with E-state index in [9.17, 15) is 9.59 Å². The van der Waals surface area contributed by atoms with Crippen LogP contribution in [0.25, 0.3) is 0 Å². The van der Waals surface area contributed by atoms with Gasteiger partial charge in [-0.25, -0.2) is 0 Å². The molecule has 0 bridgehead atoms. The van der Waals surface area contributed by atoms with Crippen LogP contribution < -0.4 is 10.6 Å². The second-order valence-electron chi connectivity index (χ2n) is 15.6. The van der Waals surface area contributed by atoms with Crippen molar-refractivity contribution in [3.8, 4) is 0 Å². The van der Waals surface area contributed by atoms with E-state index in [-0.39, 0.29) is 11.8 Å². The van der Waals surface area contributed by atoms with E-state index >= 15 is 0 Å². The Bertz CT molecular complexity index is 1380. The van der Waals surface area contributed by atoms with Crippen molar-refractivity contribution in [3.63, 3.8) is 0 Å². The van der Waals surface area contributed by atoms with Crippen LogP contribution in [0, 0.1) is 31.1 Å². The second-order valence-corrected chi connectivity index (χ2v) is 15.6. The summed E-state index contributed by atoms with van der Waals surface area (Å²) in [6.45, 7) is 23.8. The fraction of sp³-hybridized carbons (Fsp3) is 0.630. The maximum Gasteiger partial charge on any atom is 0.256 e. The van der Waals surface area contributed by atoms with Crippen molar-refractivity contribution in [1.29, 1.82) is 0 Å². The topological polar surface area (TPSA) is 86.9 Å². The molecule has 3 atom stereocenters. The molecule has 6 nitrogen and oxygen atoms in total. The quantitative estimate of drug-likeness (QED) is 0.137. The molecule has 4 rings (SSSR count). The van der Waals surface area contributed by atoms with Crippen molar-refractivity contribution in [3.05, 3.63) is 82.0 Å². The van der Waals surface area contributed by atoms with Gasteiger partial charge in [-0.05, 0) is 125 Å². The highest BCUT2D eigenvalue weighted by Crippen LogP contribution is 2.34.